The molecule has 0 saturated carbocycles. The van der Waals surface area contributed by atoms with E-state index in [2.05, 4.69) is 5.32 Å². The predicted octanol–water partition coefficient (Wildman–Crippen LogP) is 1.81. The normalized spacial score (nSPS) is 23.0. The number of carboxylic acid groups (broad SMARTS) is 1. The molecule has 8 heteroatoms. The summed E-state index contributed by atoms with van der Waals surface area (Å²) in [4.78, 5) is 25.3. The highest BCUT2D eigenvalue weighted by atomic mass is 16.5. The standard InChI is InChI=1S/C20H28N2O6/c1-14(21-20(25)22-9-12-27-17(13-22)19(23)24)18(15-5-3-2-4-6-15)28-16-7-10-26-11-8-16/h2-6,14,16-18H,7-13H2,1H3,(H,21,25)(H,23,24). The molecule has 3 rings (SSSR count). The van der Waals surface area contributed by atoms with E-state index in [1.54, 1.807) is 0 Å². The highest BCUT2D eigenvalue weighted by Crippen LogP contribution is 2.26. The Morgan fingerprint density at radius 2 is 1.93 bits per heavy atom. The average molecular weight is 392 g/mol. The van der Waals surface area contributed by atoms with Crippen molar-refractivity contribution < 1.29 is 28.9 Å². The quantitative estimate of drug-likeness (QED) is 0.766. The summed E-state index contributed by atoms with van der Waals surface area (Å²) in [6.07, 6.45) is 0.447. The Morgan fingerprint density at radius 3 is 2.61 bits per heavy atom. The van der Waals surface area contributed by atoms with Gasteiger partial charge in [0.1, 0.15) is 6.10 Å². The van der Waals surface area contributed by atoms with Crippen LogP contribution in [0.1, 0.15) is 31.4 Å². The van der Waals surface area contributed by atoms with E-state index in [-0.39, 0.29) is 37.4 Å². The number of amides is 2. The molecule has 0 aromatic heterocycles. The summed E-state index contributed by atoms with van der Waals surface area (Å²) in [6.45, 7) is 3.86. The Hall–Kier alpha value is -2.16. The van der Waals surface area contributed by atoms with Crippen LogP contribution in [0, 0.1) is 0 Å². The lowest BCUT2D eigenvalue weighted by molar-refractivity contribution is -0.154. The molecule has 2 amide bonds. The predicted molar refractivity (Wildman–Crippen MR) is 101 cm³/mol. The van der Waals surface area contributed by atoms with Crippen LogP contribution in [0.2, 0.25) is 0 Å². The molecule has 2 aliphatic heterocycles. The SMILES string of the molecule is CC(NC(=O)N1CCOC(C(=O)O)C1)C(OC1CCOCC1)c1ccccc1. The molecule has 2 fully saturated rings. The first kappa shape index (κ1) is 20.6. The first-order valence-electron chi connectivity index (χ1n) is 9.72. The van der Waals surface area contributed by atoms with Crippen LogP contribution in [0.5, 0.6) is 0 Å². The molecule has 0 spiro atoms. The van der Waals surface area contributed by atoms with E-state index in [4.69, 9.17) is 19.3 Å². The van der Waals surface area contributed by atoms with Gasteiger partial charge in [-0.1, -0.05) is 30.3 Å². The topological polar surface area (TPSA) is 97.3 Å². The van der Waals surface area contributed by atoms with Crippen LogP contribution < -0.4 is 5.32 Å². The molecule has 3 unspecified atom stereocenters. The minimum Gasteiger partial charge on any atom is -0.479 e. The van der Waals surface area contributed by atoms with E-state index in [0.717, 1.165) is 18.4 Å². The number of carbonyl (C=O) groups excluding carboxylic acids is 1. The average Bonchev–Trinajstić information content (AvgIpc) is 2.73. The van der Waals surface area contributed by atoms with Gasteiger partial charge in [-0.05, 0) is 25.3 Å². The minimum absolute atomic E-state index is 0.0325. The van der Waals surface area contributed by atoms with Crippen LogP contribution >= 0.6 is 0 Å². The maximum Gasteiger partial charge on any atom is 0.334 e. The summed E-state index contributed by atoms with van der Waals surface area (Å²) in [5.41, 5.74) is 0.993. The van der Waals surface area contributed by atoms with Crippen LogP contribution in [0.3, 0.4) is 0 Å². The number of nitrogens with one attached hydrogen (secondary N) is 1. The number of ether oxygens (including phenoxy) is 3. The molecule has 2 N–H and O–H groups in total. The molecule has 154 valence electrons. The fourth-order valence-electron chi connectivity index (χ4n) is 3.49. The summed E-state index contributed by atoms with van der Waals surface area (Å²) in [5.74, 6) is -1.06. The second-order valence-electron chi connectivity index (χ2n) is 7.16. The summed E-state index contributed by atoms with van der Waals surface area (Å²) < 4.78 is 16.9. The third-order valence-corrected chi connectivity index (χ3v) is 5.07. The largest absolute Gasteiger partial charge is 0.479 e. The zero-order valence-electron chi connectivity index (χ0n) is 16.1. The van der Waals surface area contributed by atoms with E-state index >= 15 is 0 Å². The maximum absolute atomic E-state index is 12.7. The van der Waals surface area contributed by atoms with Crippen molar-refractivity contribution in [2.24, 2.45) is 0 Å². The molecule has 28 heavy (non-hydrogen) atoms. The lowest BCUT2D eigenvalue weighted by Gasteiger charge is -2.35. The smallest absolute Gasteiger partial charge is 0.334 e. The molecule has 0 bridgehead atoms. The number of rotatable bonds is 6. The number of nitrogens with zero attached hydrogens (tertiary/aromatic N) is 1. The van der Waals surface area contributed by atoms with Crippen LogP contribution in [-0.4, -0.2) is 73.2 Å². The summed E-state index contributed by atoms with van der Waals surface area (Å²) >= 11 is 0. The zero-order chi connectivity index (χ0) is 19.9. The monoisotopic (exact) mass is 392 g/mol. The van der Waals surface area contributed by atoms with Crippen LogP contribution in [0.25, 0.3) is 0 Å². The van der Waals surface area contributed by atoms with Gasteiger partial charge in [0.15, 0.2) is 6.10 Å². The molecule has 1 aromatic rings. The van der Waals surface area contributed by atoms with Gasteiger partial charge in [0.25, 0.3) is 0 Å². The maximum atomic E-state index is 12.7. The minimum atomic E-state index is -1.06. The molecular weight excluding hydrogens is 364 g/mol. The van der Waals surface area contributed by atoms with Crippen molar-refractivity contribution in [1.29, 1.82) is 0 Å². The molecule has 8 nitrogen and oxygen atoms in total. The number of hydrogen-bond donors (Lipinski definition) is 2. The fraction of sp³-hybridized carbons (Fsp3) is 0.600. The number of hydrogen-bond acceptors (Lipinski definition) is 5. The molecule has 2 aliphatic rings. The van der Waals surface area contributed by atoms with Gasteiger partial charge in [0, 0.05) is 19.8 Å². The second kappa shape index (κ2) is 9.86. The number of carbonyl (C=O) groups is 2. The van der Waals surface area contributed by atoms with Crippen molar-refractivity contribution in [3.63, 3.8) is 0 Å². The van der Waals surface area contributed by atoms with Crippen LogP contribution in [0.15, 0.2) is 30.3 Å². The van der Waals surface area contributed by atoms with Crippen molar-refractivity contribution in [1.82, 2.24) is 10.2 Å². The van der Waals surface area contributed by atoms with Gasteiger partial charge in [-0.25, -0.2) is 9.59 Å². The van der Waals surface area contributed by atoms with E-state index < -0.39 is 12.1 Å². The van der Waals surface area contributed by atoms with Gasteiger partial charge in [0.2, 0.25) is 0 Å². The first-order valence-corrected chi connectivity index (χ1v) is 9.72. The number of morpholine rings is 1. The number of carboxylic acids is 1. The van der Waals surface area contributed by atoms with Crippen molar-refractivity contribution in [2.75, 3.05) is 32.9 Å². The van der Waals surface area contributed by atoms with E-state index in [0.29, 0.717) is 19.8 Å². The first-order chi connectivity index (χ1) is 13.5. The molecule has 2 heterocycles. The Labute approximate surface area is 164 Å². The van der Waals surface area contributed by atoms with Crippen molar-refractivity contribution in [3.8, 4) is 0 Å². The van der Waals surface area contributed by atoms with Gasteiger partial charge in [-0.15, -0.1) is 0 Å². The second-order valence-corrected chi connectivity index (χ2v) is 7.16. The van der Waals surface area contributed by atoms with Crippen molar-refractivity contribution in [2.45, 2.75) is 44.1 Å². The van der Waals surface area contributed by atoms with Crippen molar-refractivity contribution in [3.05, 3.63) is 35.9 Å². The molecule has 1 aromatic carbocycles. The van der Waals surface area contributed by atoms with Crippen LogP contribution in [0.4, 0.5) is 4.79 Å². The number of benzene rings is 1. The van der Waals surface area contributed by atoms with Gasteiger partial charge in [-0.3, -0.25) is 0 Å². The third kappa shape index (κ3) is 5.43. The molecular formula is C20H28N2O6. The highest BCUT2D eigenvalue weighted by molar-refractivity contribution is 5.77. The van der Waals surface area contributed by atoms with E-state index in [1.807, 2.05) is 37.3 Å². The Morgan fingerprint density at radius 1 is 1.21 bits per heavy atom. The van der Waals surface area contributed by atoms with E-state index in [1.165, 1.54) is 4.90 Å². The Bertz CT molecular complexity index is 649. The molecule has 0 radical (unpaired) electrons. The highest BCUT2D eigenvalue weighted by Gasteiger charge is 2.32. The molecule has 3 atom stereocenters. The Kier molecular flexibility index (Phi) is 7.24. The summed E-state index contributed by atoms with van der Waals surface area (Å²) in [7, 11) is 0. The third-order valence-electron chi connectivity index (χ3n) is 5.07. The summed E-state index contributed by atoms with van der Waals surface area (Å²) in [6, 6.07) is 9.22. The van der Waals surface area contributed by atoms with Crippen LogP contribution in [-0.2, 0) is 19.0 Å². The summed E-state index contributed by atoms with van der Waals surface area (Å²) in [5, 5.41) is 12.1. The number of urea groups is 1. The Balaban J connectivity index is 1.65. The molecule has 2 saturated heterocycles. The van der Waals surface area contributed by atoms with E-state index in [9.17, 15) is 9.59 Å². The van der Waals surface area contributed by atoms with Gasteiger partial charge >= 0.3 is 12.0 Å². The lowest BCUT2D eigenvalue weighted by Crippen LogP contribution is -2.54. The van der Waals surface area contributed by atoms with Gasteiger partial charge < -0.3 is 29.5 Å². The van der Waals surface area contributed by atoms with Crippen molar-refractivity contribution >= 4 is 12.0 Å². The fourth-order valence-corrected chi connectivity index (χ4v) is 3.49. The van der Waals surface area contributed by atoms with Gasteiger partial charge in [-0.2, -0.15) is 0 Å². The lowest BCUT2D eigenvalue weighted by atomic mass is 10.0. The molecule has 0 aliphatic carbocycles. The number of aliphatic carboxylic acids is 1. The zero-order valence-corrected chi connectivity index (χ0v) is 16.1. The van der Waals surface area contributed by atoms with Gasteiger partial charge in [0.05, 0.1) is 25.3 Å².